The van der Waals surface area contributed by atoms with E-state index in [1.54, 1.807) is 11.3 Å². The lowest BCUT2D eigenvalue weighted by Gasteiger charge is -2.07. The molecule has 21 heavy (non-hydrogen) atoms. The number of nitrogens with zero attached hydrogens (tertiary/aromatic N) is 2. The van der Waals surface area contributed by atoms with Crippen molar-refractivity contribution in [3.63, 3.8) is 0 Å². The van der Waals surface area contributed by atoms with Crippen molar-refractivity contribution in [2.45, 2.75) is 13.3 Å². The average Bonchev–Trinajstić information content (AvgIpc) is 2.81. The summed E-state index contributed by atoms with van der Waals surface area (Å²) in [5, 5.41) is 5.13. The zero-order valence-corrected chi connectivity index (χ0v) is 13.1. The Morgan fingerprint density at radius 1 is 1.24 bits per heavy atom. The van der Waals surface area contributed by atoms with Gasteiger partial charge in [-0.2, -0.15) is 4.98 Å². The summed E-state index contributed by atoms with van der Waals surface area (Å²) >= 11 is 7.51. The van der Waals surface area contributed by atoms with Crippen LogP contribution in [0.25, 0.3) is 10.2 Å². The first-order valence-corrected chi connectivity index (χ1v) is 7.83. The van der Waals surface area contributed by atoms with Gasteiger partial charge in [0.25, 0.3) is 0 Å². The predicted molar refractivity (Wildman–Crippen MR) is 90.2 cm³/mol. The van der Waals surface area contributed by atoms with Crippen LogP contribution in [-0.4, -0.2) is 16.5 Å². The Balaban J connectivity index is 1.74. The van der Waals surface area contributed by atoms with Crippen LogP contribution in [0.2, 0.25) is 5.02 Å². The Labute approximate surface area is 132 Å². The van der Waals surface area contributed by atoms with Gasteiger partial charge in [-0.05, 0) is 37.1 Å². The molecule has 108 valence electrons. The lowest BCUT2D eigenvalue weighted by molar-refractivity contribution is 1.01. The molecule has 0 unspecified atom stereocenters. The molecule has 0 saturated carbocycles. The molecule has 4 nitrogen and oxygen atoms in total. The Hall–Kier alpha value is -1.85. The summed E-state index contributed by atoms with van der Waals surface area (Å²) in [5.74, 6) is 1.11. The first-order valence-electron chi connectivity index (χ1n) is 6.64. The van der Waals surface area contributed by atoms with Crippen molar-refractivity contribution in [2.24, 2.45) is 0 Å². The Kier molecular flexibility index (Phi) is 3.94. The van der Waals surface area contributed by atoms with Gasteiger partial charge in [0.15, 0.2) is 0 Å². The molecule has 3 N–H and O–H groups in total. The smallest absolute Gasteiger partial charge is 0.223 e. The minimum absolute atomic E-state index is 0.304. The molecular weight excluding hydrogens is 304 g/mol. The Morgan fingerprint density at radius 3 is 2.76 bits per heavy atom. The van der Waals surface area contributed by atoms with Crippen molar-refractivity contribution in [1.82, 2.24) is 9.97 Å². The SMILES string of the molecule is Cc1cc2c(NCCc3ccc(Cl)cc3)nc(N)nc2s1. The van der Waals surface area contributed by atoms with Crippen molar-refractivity contribution in [2.75, 3.05) is 17.6 Å². The zero-order valence-electron chi connectivity index (χ0n) is 11.6. The summed E-state index contributed by atoms with van der Waals surface area (Å²) in [6.45, 7) is 2.84. The van der Waals surface area contributed by atoms with Gasteiger partial charge in [-0.15, -0.1) is 11.3 Å². The van der Waals surface area contributed by atoms with E-state index in [4.69, 9.17) is 17.3 Å². The van der Waals surface area contributed by atoms with Crippen molar-refractivity contribution >= 4 is 44.9 Å². The van der Waals surface area contributed by atoms with Gasteiger partial charge in [-0.25, -0.2) is 4.98 Å². The fourth-order valence-corrected chi connectivity index (χ4v) is 3.18. The second-order valence-corrected chi connectivity index (χ2v) is 6.48. The number of nitrogen functional groups attached to an aromatic ring is 1. The van der Waals surface area contributed by atoms with Crippen LogP contribution in [0.4, 0.5) is 11.8 Å². The van der Waals surface area contributed by atoms with Crippen LogP contribution >= 0.6 is 22.9 Å². The molecule has 0 radical (unpaired) electrons. The van der Waals surface area contributed by atoms with Gasteiger partial charge in [0.05, 0.1) is 5.39 Å². The molecule has 0 spiro atoms. The lowest BCUT2D eigenvalue weighted by atomic mass is 10.1. The first-order chi connectivity index (χ1) is 10.1. The fraction of sp³-hybridized carbons (Fsp3) is 0.200. The minimum atomic E-state index is 0.304. The number of nitrogens with two attached hydrogens (primary N) is 1. The van der Waals surface area contributed by atoms with Crippen LogP contribution in [0.5, 0.6) is 0 Å². The highest BCUT2D eigenvalue weighted by Crippen LogP contribution is 2.28. The maximum Gasteiger partial charge on any atom is 0.223 e. The van der Waals surface area contributed by atoms with Gasteiger partial charge in [0, 0.05) is 16.4 Å². The summed E-state index contributed by atoms with van der Waals surface area (Å²) in [6.07, 6.45) is 0.895. The number of nitrogens with one attached hydrogen (secondary N) is 1. The largest absolute Gasteiger partial charge is 0.369 e. The molecule has 0 fully saturated rings. The van der Waals surface area contributed by atoms with E-state index in [2.05, 4.69) is 28.3 Å². The molecule has 0 amide bonds. The second kappa shape index (κ2) is 5.87. The van der Waals surface area contributed by atoms with E-state index >= 15 is 0 Å². The molecule has 0 atom stereocenters. The molecular formula is C15H15ClN4S. The number of aryl methyl sites for hydroxylation is 1. The number of rotatable bonds is 4. The van der Waals surface area contributed by atoms with Crippen molar-refractivity contribution in [3.8, 4) is 0 Å². The van der Waals surface area contributed by atoms with E-state index in [-0.39, 0.29) is 0 Å². The lowest BCUT2D eigenvalue weighted by Crippen LogP contribution is -2.08. The number of aromatic nitrogens is 2. The van der Waals surface area contributed by atoms with Gasteiger partial charge < -0.3 is 11.1 Å². The number of benzene rings is 1. The monoisotopic (exact) mass is 318 g/mol. The number of fused-ring (bicyclic) bond motifs is 1. The fourth-order valence-electron chi connectivity index (χ4n) is 2.17. The summed E-state index contributed by atoms with van der Waals surface area (Å²) in [5.41, 5.74) is 6.99. The molecule has 3 aromatic rings. The molecule has 0 aliphatic rings. The summed E-state index contributed by atoms with van der Waals surface area (Å²) < 4.78 is 0. The second-order valence-electron chi connectivity index (χ2n) is 4.81. The van der Waals surface area contributed by atoms with Crippen molar-refractivity contribution in [3.05, 3.63) is 45.8 Å². The number of halogens is 1. The van der Waals surface area contributed by atoms with Gasteiger partial charge in [-0.1, -0.05) is 23.7 Å². The summed E-state index contributed by atoms with van der Waals surface area (Å²) in [6, 6.07) is 9.95. The normalized spacial score (nSPS) is 11.0. The summed E-state index contributed by atoms with van der Waals surface area (Å²) in [7, 11) is 0. The Bertz CT molecular complexity index is 767. The van der Waals surface area contributed by atoms with Crippen LogP contribution in [0.1, 0.15) is 10.4 Å². The van der Waals surface area contributed by atoms with Crippen molar-refractivity contribution in [1.29, 1.82) is 0 Å². The van der Waals surface area contributed by atoms with Gasteiger partial charge in [0.1, 0.15) is 10.6 Å². The van der Waals surface area contributed by atoms with Crippen LogP contribution in [0.15, 0.2) is 30.3 Å². The van der Waals surface area contributed by atoms with Gasteiger partial charge in [-0.3, -0.25) is 0 Å². The van der Waals surface area contributed by atoms with E-state index in [1.807, 2.05) is 24.3 Å². The van der Waals surface area contributed by atoms with Crippen LogP contribution in [-0.2, 0) is 6.42 Å². The third-order valence-electron chi connectivity index (χ3n) is 3.15. The van der Waals surface area contributed by atoms with Crippen molar-refractivity contribution < 1.29 is 0 Å². The molecule has 2 aromatic heterocycles. The molecule has 6 heteroatoms. The third-order valence-corrected chi connectivity index (χ3v) is 4.35. The molecule has 0 saturated heterocycles. The standard InChI is InChI=1S/C15H15ClN4S/c1-9-8-12-13(19-15(17)20-14(12)21-9)18-7-6-10-2-4-11(16)5-3-10/h2-5,8H,6-7H2,1H3,(H3,17,18,19,20). The van der Waals surface area contributed by atoms with Crippen LogP contribution in [0, 0.1) is 6.92 Å². The zero-order chi connectivity index (χ0) is 14.8. The number of anilines is 2. The van der Waals surface area contributed by atoms with E-state index in [1.165, 1.54) is 10.4 Å². The molecule has 0 aliphatic carbocycles. The molecule has 0 aliphatic heterocycles. The predicted octanol–water partition coefficient (Wildman–Crippen LogP) is 3.89. The summed E-state index contributed by atoms with van der Waals surface area (Å²) in [4.78, 5) is 10.7. The number of thiophene rings is 1. The number of hydrogen-bond donors (Lipinski definition) is 2. The topological polar surface area (TPSA) is 63.8 Å². The highest BCUT2D eigenvalue weighted by Gasteiger charge is 2.08. The van der Waals surface area contributed by atoms with Crippen LogP contribution < -0.4 is 11.1 Å². The molecule has 0 bridgehead atoms. The van der Waals surface area contributed by atoms with E-state index in [0.717, 1.165) is 34.0 Å². The van der Waals surface area contributed by atoms with E-state index < -0.39 is 0 Å². The quantitative estimate of drug-likeness (QED) is 0.766. The van der Waals surface area contributed by atoms with E-state index in [0.29, 0.717) is 5.95 Å². The maximum absolute atomic E-state index is 5.88. The number of hydrogen-bond acceptors (Lipinski definition) is 5. The minimum Gasteiger partial charge on any atom is -0.369 e. The van der Waals surface area contributed by atoms with Crippen LogP contribution in [0.3, 0.4) is 0 Å². The molecule has 2 heterocycles. The highest BCUT2D eigenvalue weighted by atomic mass is 35.5. The molecule has 1 aromatic carbocycles. The average molecular weight is 319 g/mol. The molecule has 3 rings (SSSR count). The van der Waals surface area contributed by atoms with Gasteiger partial charge in [0.2, 0.25) is 5.95 Å². The van der Waals surface area contributed by atoms with Gasteiger partial charge >= 0.3 is 0 Å². The third kappa shape index (κ3) is 3.25. The first kappa shape index (κ1) is 14.1. The highest BCUT2D eigenvalue weighted by molar-refractivity contribution is 7.18. The Morgan fingerprint density at radius 2 is 2.00 bits per heavy atom. The van der Waals surface area contributed by atoms with E-state index in [9.17, 15) is 0 Å². The maximum atomic E-state index is 5.88.